The van der Waals surface area contributed by atoms with Crippen molar-refractivity contribution in [3.05, 3.63) is 70.8 Å². The van der Waals surface area contributed by atoms with Gasteiger partial charge in [0.25, 0.3) is 0 Å². The molecular weight excluding hydrogens is 316 g/mol. The number of hydrogen-bond donors (Lipinski definition) is 2. The second-order valence-electron chi connectivity index (χ2n) is 5.25. The highest BCUT2D eigenvalue weighted by molar-refractivity contribution is 5.87. The van der Waals surface area contributed by atoms with Crippen LogP contribution in [0.15, 0.2) is 48.5 Å². The van der Waals surface area contributed by atoms with Crippen LogP contribution in [0, 0.1) is 23.7 Å². The molecule has 0 saturated heterocycles. The summed E-state index contributed by atoms with van der Waals surface area (Å²) in [7, 11) is 0. The molecule has 124 valence electrons. The van der Waals surface area contributed by atoms with Crippen molar-refractivity contribution in [2.45, 2.75) is 19.3 Å². The van der Waals surface area contributed by atoms with Crippen LogP contribution < -0.4 is 0 Å². The number of carboxylic acid groups (broad SMARTS) is 2. The lowest BCUT2D eigenvalue weighted by atomic mass is 9.84. The molecule has 2 aromatic rings. The standard InChI is InChI=1S/C21H16O4/c1-2-17(18-9-5-3-7-15(18)11-13-20(22)23)19-10-6-4-8-16(19)12-14-21(24)25/h3-10,17H,2H2,1H3,(H,22,23)(H,24,25). The van der Waals surface area contributed by atoms with Gasteiger partial charge in [-0.1, -0.05) is 55.2 Å². The van der Waals surface area contributed by atoms with Crippen LogP contribution in [0.3, 0.4) is 0 Å². The lowest BCUT2D eigenvalue weighted by Gasteiger charge is -2.19. The van der Waals surface area contributed by atoms with Crippen molar-refractivity contribution in [3.63, 3.8) is 0 Å². The third-order valence-corrected chi connectivity index (χ3v) is 3.69. The molecule has 0 aliphatic rings. The third kappa shape index (κ3) is 4.73. The van der Waals surface area contributed by atoms with Gasteiger partial charge in [0.1, 0.15) is 0 Å². The van der Waals surface area contributed by atoms with Gasteiger partial charge in [-0.05, 0) is 29.7 Å². The van der Waals surface area contributed by atoms with Gasteiger partial charge in [-0.3, -0.25) is 0 Å². The predicted octanol–water partition coefficient (Wildman–Crippen LogP) is 3.10. The molecule has 2 rings (SSSR count). The Morgan fingerprint density at radius 3 is 1.60 bits per heavy atom. The summed E-state index contributed by atoms with van der Waals surface area (Å²) in [6.07, 6.45) is 0.734. The Labute approximate surface area is 146 Å². The number of aliphatic carboxylic acids is 2. The zero-order valence-corrected chi connectivity index (χ0v) is 13.6. The van der Waals surface area contributed by atoms with Gasteiger partial charge in [-0.25, -0.2) is 9.59 Å². The second-order valence-corrected chi connectivity index (χ2v) is 5.25. The van der Waals surface area contributed by atoms with Gasteiger partial charge in [-0.2, -0.15) is 0 Å². The molecule has 4 nitrogen and oxygen atoms in total. The maximum atomic E-state index is 10.7. The van der Waals surface area contributed by atoms with Crippen LogP contribution in [0.1, 0.15) is 41.5 Å². The van der Waals surface area contributed by atoms with Crippen molar-refractivity contribution in [3.8, 4) is 23.7 Å². The van der Waals surface area contributed by atoms with Crippen LogP contribution in [-0.2, 0) is 9.59 Å². The maximum absolute atomic E-state index is 10.7. The average molecular weight is 332 g/mol. The Hall–Kier alpha value is -3.50. The molecule has 2 N–H and O–H groups in total. The fraction of sp³-hybridized carbons (Fsp3) is 0.143. The van der Waals surface area contributed by atoms with Crippen molar-refractivity contribution in [1.82, 2.24) is 0 Å². The molecule has 0 amide bonds. The van der Waals surface area contributed by atoms with Gasteiger partial charge < -0.3 is 10.2 Å². The highest BCUT2D eigenvalue weighted by Crippen LogP contribution is 2.32. The van der Waals surface area contributed by atoms with Gasteiger partial charge in [0.15, 0.2) is 0 Å². The fourth-order valence-electron chi connectivity index (χ4n) is 2.68. The van der Waals surface area contributed by atoms with Crippen molar-refractivity contribution >= 4 is 11.9 Å². The van der Waals surface area contributed by atoms with Crippen molar-refractivity contribution in [1.29, 1.82) is 0 Å². The first-order valence-corrected chi connectivity index (χ1v) is 7.70. The van der Waals surface area contributed by atoms with Gasteiger partial charge in [-0.15, -0.1) is 0 Å². The number of hydrogen-bond acceptors (Lipinski definition) is 2. The van der Waals surface area contributed by atoms with E-state index < -0.39 is 11.9 Å². The molecule has 0 atom stereocenters. The zero-order valence-electron chi connectivity index (χ0n) is 13.6. The molecule has 4 heteroatoms. The van der Waals surface area contributed by atoms with E-state index in [1.54, 1.807) is 24.3 Å². The number of benzene rings is 2. The van der Waals surface area contributed by atoms with Crippen molar-refractivity contribution in [2.75, 3.05) is 0 Å². The quantitative estimate of drug-likeness (QED) is 0.847. The van der Waals surface area contributed by atoms with E-state index in [9.17, 15) is 9.59 Å². The molecule has 0 spiro atoms. The Balaban J connectivity index is 2.57. The summed E-state index contributed by atoms with van der Waals surface area (Å²) in [5, 5.41) is 17.6. The van der Waals surface area contributed by atoms with Crippen LogP contribution in [0.5, 0.6) is 0 Å². The topological polar surface area (TPSA) is 74.6 Å². The lowest BCUT2D eigenvalue weighted by Crippen LogP contribution is -2.05. The zero-order chi connectivity index (χ0) is 18.2. The monoisotopic (exact) mass is 332 g/mol. The maximum Gasteiger partial charge on any atom is 0.382 e. The summed E-state index contributed by atoms with van der Waals surface area (Å²) in [6.45, 7) is 2.01. The SMILES string of the molecule is CCC(c1ccccc1C#CC(=O)O)c1ccccc1C#CC(=O)O. The summed E-state index contributed by atoms with van der Waals surface area (Å²) in [5.74, 6) is 7.23. The van der Waals surface area contributed by atoms with E-state index in [1.165, 1.54) is 0 Å². The predicted molar refractivity (Wildman–Crippen MR) is 94.0 cm³/mol. The van der Waals surface area contributed by atoms with E-state index in [2.05, 4.69) is 23.7 Å². The first-order valence-electron chi connectivity index (χ1n) is 7.70. The molecule has 0 radical (unpaired) electrons. The summed E-state index contributed by atoms with van der Waals surface area (Å²) >= 11 is 0. The molecule has 0 aliphatic carbocycles. The highest BCUT2D eigenvalue weighted by Gasteiger charge is 2.17. The molecule has 0 bridgehead atoms. The van der Waals surface area contributed by atoms with Crippen molar-refractivity contribution in [2.24, 2.45) is 0 Å². The summed E-state index contributed by atoms with van der Waals surface area (Å²) in [5.41, 5.74) is 3.06. The Bertz CT molecular complexity index is 844. The number of carbonyl (C=O) groups is 2. The molecule has 0 fully saturated rings. The molecule has 2 aromatic carbocycles. The normalized spacial score (nSPS) is 9.52. The second kappa shape index (κ2) is 8.38. The number of rotatable bonds is 3. The van der Waals surface area contributed by atoms with E-state index in [0.717, 1.165) is 17.5 Å². The van der Waals surface area contributed by atoms with Crippen LogP contribution in [-0.4, -0.2) is 22.2 Å². The first kappa shape index (κ1) is 17.8. The minimum absolute atomic E-state index is 0.0708. The Kier molecular flexibility index (Phi) is 5.98. The molecule has 0 saturated carbocycles. The van der Waals surface area contributed by atoms with E-state index in [0.29, 0.717) is 11.1 Å². The van der Waals surface area contributed by atoms with E-state index in [1.807, 2.05) is 31.2 Å². The van der Waals surface area contributed by atoms with E-state index in [4.69, 9.17) is 10.2 Å². The number of carboxylic acids is 2. The van der Waals surface area contributed by atoms with Crippen LogP contribution >= 0.6 is 0 Å². The summed E-state index contributed by atoms with van der Waals surface area (Å²) < 4.78 is 0. The van der Waals surface area contributed by atoms with E-state index >= 15 is 0 Å². The first-order chi connectivity index (χ1) is 12.0. The van der Waals surface area contributed by atoms with Gasteiger partial charge in [0, 0.05) is 28.9 Å². The molecule has 0 unspecified atom stereocenters. The summed E-state index contributed by atoms with van der Waals surface area (Å²) in [4.78, 5) is 21.5. The summed E-state index contributed by atoms with van der Waals surface area (Å²) in [6, 6.07) is 14.7. The Morgan fingerprint density at radius 2 is 1.24 bits per heavy atom. The molecule has 0 aliphatic heterocycles. The van der Waals surface area contributed by atoms with Gasteiger partial charge in [0.2, 0.25) is 0 Å². The van der Waals surface area contributed by atoms with Gasteiger partial charge in [0.05, 0.1) is 0 Å². The lowest BCUT2D eigenvalue weighted by molar-refractivity contribution is -0.131. The largest absolute Gasteiger partial charge is 0.472 e. The molecular formula is C21H16O4. The van der Waals surface area contributed by atoms with Crippen LogP contribution in [0.2, 0.25) is 0 Å². The Morgan fingerprint density at radius 1 is 0.840 bits per heavy atom. The average Bonchev–Trinajstić information content (AvgIpc) is 2.60. The molecule has 0 aromatic heterocycles. The van der Waals surface area contributed by atoms with Gasteiger partial charge >= 0.3 is 11.9 Å². The minimum atomic E-state index is -1.18. The molecule has 25 heavy (non-hydrogen) atoms. The third-order valence-electron chi connectivity index (χ3n) is 3.69. The van der Waals surface area contributed by atoms with Crippen LogP contribution in [0.4, 0.5) is 0 Å². The smallest absolute Gasteiger partial charge is 0.382 e. The van der Waals surface area contributed by atoms with E-state index in [-0.39, 0.29) is 5.92 Å². The van der Waals surface area contributed by atoms with Crippen LogP contribution in [0.25, 0.3) is 0 Å². The molecule has 0 heterocycles. The fourth-order valence-corrected chi connectivity index (χ4v) is 2.68. The highest BCUT2D eigenvalue weighted by atomic mass is 16.4. The van der Waals surface area contributed by atoms with Crippen molar-refractivity contribution < 1.29 is 19.8 Å². The minimum Gasteiger partial charge on any atom is -0.472 e.